The van der Waals surface area contributed by atoms with Gasteiger partial charge in [-0.15, -0.1) is 0 Å². The van der Waals surface area contributed by atoms with Crippen molar-refractivity contribution in [1.82, 2.24) is 0 Å². The van der Waals surface area contributed by atoms with Gasteiger partial charge in [0.1, 0.15) is 13.2 Å². The molecule has 0 N–H and O–H groups in total. The summed E-state index contributed by atoms with van der Waals surface area (Å²) in [5.41, 5.74) is 0. The summed E-state index contributed by atoms with van der Waals surface area (Å²) in [5, 5.41) is 0. The van der Waals surface area contributed by atoms with Crippen LogP contribution in [-0.4, -0.2) is 37.2 Å². The minimum absolute atomic E-state index is 0.0920. The van der Waals surface area contributed by atoms with Gasteiger partial charge >= 0.3 is 17.9 Å². The van der Waals surface area contributed by atoms with E-state index in [4.69, 9.17) is 14.2 Å². The maximum absolute atomic E-state index is 12.9. The Morgan fingerprint density at radius 2 is 0.506 bits per heavy atom. The maximum Gasteiger partial charge on any atom is 0.306 e. The highest BCUT2D eigenvalue weighted by atomic mass is 16.6. The van der Waals surface area contributed by atoms with Gasteiger partial charge in [0.05, 0.1) is 0 Å². The van der Waals surface area contributed by atoms with Crippen LogP contribution >= 0.6 is 0 Å². The number of allylic oxidation sites excluding steroid dienone is 18. The lowest BCUT2D eigenvalue weighted by atomic mass is 10.0. The van der Waals surface area contributed by atoms with Crippen LogP contribution in [0.5, 0.6) is 0 Å². The van der Waals surface area contributed by atoms with E-state index in [-0.39, 0.29) is 31.1 Å². The van der Waals surface area contributed by atoms with Crippen molar-refractivity contribution in [2.75, 3.05) is 13.2 Å². The number of hydrogen-bond acceptors (Lipinski definition) is 6. The third kappa shape index (κ3) is 62.8. The van der Waals surface area contributed by atoms with Gasteiger partial charge in [-0.2, -0.15) is 0 Å². The Kier molecular flexibility index (Phi) is 61.3. The van der Waals surface area contributed by atoms with Crippen molar-refractivity contribution >= 4 is 17.9 Å². The van der Waals surface area contributed by atoms with Crippen molar-refractivity contribution in [3.63, 3.8) is 0 Å². The summed E-state index contributed by atoms with van der Waals surface area (Å²) in [5.74, 6) is -0.927. The Bertz CT molecular complexity index is 1560. The lowest BCUT2D eigenvalue weighted by molar-refractivity contribution is -0.167. The van der Waals surface area contributed by atoms with Crippen LogP contribution < -0.4 is 0 Å². The summed E-state index contributed by atoms with van der Waals surface area (Å²) in [6, 6.07) is 0. The van der Waals surface area contributed by atoms with Gasteiger partial charge in [-0.05, 0) is 122 Å². The highest BCUT2D eigenvalue weighted by molar-refractivity contribution is 5.71. The van der Waals surface area contributed by atoms with E-state index in [1.54, 1.807) is 0 Å². The van der Waals surface area contributed by atoms with Gasteiger partial charge in [0, 0.05) is 19.3 Å². The summed E-state index contributed by atoms with van der Waals surface area (Å²) in [4.78, 5) is 38.3. The molecule has 0 heterocycles. The topological polar surface area (TPSA) is 78.9 Å². The van der Waals surface area contributed by atoms with Crippen LogP contribution in [0.3, 0.4) is 0 Å². The standard InChI is InChI=1S/C71H120O6/c1-4-7-10-13-16-19-22-25-27-29-30-31-32-33-34-35-36-37-38-39-40-42-43-46-49-52-55-58-61-64-70(73)76-67-68(66-75-69(72)63-60-57-54-51-48-45-24-21-18-15-12-9-6-3)77-71(74)65-62-59-56-53-50-47-44-41-28-26-23-20-17-14-11-8-5-2/h8-9,11-12,17-18,20-22,25-26,28-30,32-33,45,48,68H,4-7,10,13-16,19,23-24,27,31,34-44,46-47,49-67H2,1-3H3/b11-8-,12-9-,20-17-,21-18-,25-22-,28-26-,30-29-,33-32-,48-45-. The zero-order valence-corrected chi connectivity index (χ0v) is 50.4. The molecular weight excluding hydrogens is 949 g/mol. The lowest BCUT2D eigenvalue weighted by Crippen LogP contribution is -2.30. The van der Waals surface area contributed by atoms with E-state index in [0.29, 0.717) is 19.3 Å². The van der Waals surface area contributed by atoms with Crippen LogP contribution in [0.1, 0.15) is 303 Å². The van der Waals surface area contributed by atoms with Gasteiger partial charge in [0.15, 0.2) is 6.10 Å². The first-order valence-corrected chi connectivity index (χ1v) is 32.4. The second kappa shape index (κ2) is 64.6. The highest BCUT2D eigenvalue weighted by Crippen LogP contribution is 2.16. The maximum atomic E-state index is 12.9. The molecule has 0 aromatic carbocycles. The molecule has 0 saturated carbocycles. The van der Waals surface area contributed by atoms with E-state index in [1.165, 1.54) is 141 Å². The van der Waals surface area contributed by atoms with Crippen LogP contribution in [0.15, 0.2) is 109 Å². The zero-order valence-electron chi connectivity index (χ0n) is 50.4. The first-order chi connectivity index (χ1) is 38.0. The smallest absolute Gasteiger partial charge is 0.306 e. The van der Waals surface area contributed by atoms with E-state index < -0.39 is 6.10 Å². The van der Waals surface area contributed by atoms with Gasteiger partial charge in [-0.3, -0.25) is 14.4 Å². The Balaban J connectivity index is 4.27. The number of carbonyl (C=O) groups excluding carboxylic acids is 3. The van der Waals surface area contributed by atoms with Crippen LogP contribution in [0, 0.1) is 0 Å². The van der Waals surface area contributed by atoms with Gasteiger partial charge in [-0.25, -0.2) is 0 Å². The molecule has 1 atom stereocenters. The summed E-state index contributed by atoms with van der Waals surface area (Å²) in [6.45, 7) is 6.39. The Hall–Kier alpha value is -3.93. The van der Waals surface area contributed by atoms with Crippen molar-refractivity contribution in [2.45, 2.75) is 309 Å². The molecule has 77 heavy (non-hydrogen) atoms. The fourth-order valence-corrected chi connectivity index (χ4v) is 8.95. The Morgan fingerprint density at radius 3 is 0.805 bits per heavy atom. The lowest BCUT2D eigenvalue weighted by Gasteiger charge is -2.18. The minimum atomic E-state index is -0.798. The summed E-state index contributed by atoms with van der Waals surface area (Å²) < 4.78 is 16.9. The third-order valence-corrected chi connectivity index (χ3v) is 13.7. The fourth-order valence-electron chi connectivity index (χ4n) is 8.95. The second-order valence-electron chi connectivity index (χ2n) is 21.3. The normalized spacial score (nSPS) is 12.8. The Labute approximate surface area is 476 Å². The molecule has 0 aliphatic rings. The molecule has 0 rings (SSSR count). The molecule has 0 aliphatic heterocycles. The molecular formula is C71H120O6. The summed E-state index contributed by atoms with van der Waals surface area (Å²) in [7, 11) is 0. The highest BCUT2D eigenvalue weighted by Gasteiger charge is 2.19. The average Bonchev–Trinajstić information content (AvgIpc) is 3.43. The number of rotatable bonds is 58. The molecule has 0 spiro atoms. The SMILES string of the molecule is CC/C=C\C/C=C\C/C=C\CCCCCCCCCC(=O)OC(COC(=O)CCCCC/C=C\C/C=C\C/C=C\CC)COC(=O)CCCCCCCCCCCCCCCC/C=C\C/C=C\C/C=C\CCCCCCC. The predicted molar refractivity (Wildman–Crippen MR) is 334 cm³/mol. The van der Waals surface area contributed by atoms with Crippen LogP contribution in [0.4, 0.5) is 0 Å². The monoisotopic (exact) mass is 1070 g/mol. The van der Waals surface area contributed by atoms with E-state index in [2.05, 4.69) is 130 Å². The largest absolute Gasteiger partial charge is 0.462 e. The number of ether oxygens (including phenoxy) is 3. The molecule has 0 aromatic rings. The minimum Gasteiger partial charge on any atom is -0.462 e. The fraction of sp³-hybridized carbons (Fsp3) is 0.704. The molecule has 6 nitrogen and oxygen atoms in total. The molecule has 0 amide bonds. The molecule has 0 aromatic heterocycles. The molecule has 440 valence electrons. The first-order valence-electron chi connectivity index (χ1n) is 32.4. The van der Waals surface area contributed by atoms with Gasteiger partial charge in [-0.1, -0.05) is 271 Å². The third-order valence-electron chi connectivity index (χ3n) is 13.7. The van der Waals surface area contributed by atoms with E-state index in [0.717, 1.165) is 122 Å². The number of carbonyl (C=O) groups is 3. The molecule has 0 radical (unpaired) electrons. The predicted octanol–water partition coefficient (Wildman–Crippen LogP) is 22.2. The Morgan fingerprint density at radius 1 is 0.273 bits per heavy atom. The number of hydrogen-bond donors (Lipinski definition) is 0. The molecule has 0 bridgehead atoms. The molecule has 1 unspecified atom stereocenters. The van der Waals surface area contributed by atoms with Crippen LogP contribution in [0.25, 0.3) is 0 Å². The van der Waals surface area contributed by atoms with E-state index in [9.17, 15) is 14.4 Å². The summed E-state index contributed by atoms with van der Waals surface area (Å²) >= 11 is 0. The summed E-state index contributed by atoms with van der Waals surface area (Å²) in [6.07, 6.45) is 88.2. The quantitative estimate of drug-likeness (QED) is 0.0261. The van der Waals surface area contributed by atoms with Crippen molar-refractivity contribution < 1.29 is 28.6 Å². The van der Waals surface area contributed by atoms with Gasteiger partial charge < -0.3 is 14.2 Å². The van der Waals surface area contributed by atoms with E-state index >= 15 is 0 Å². The van der Waals surface area contributed by atoms with Crippen LogP contribution in [-0.2, 0) is 28.6 Å². The van der Waals surface area contributed by atoms with Gasteiger partial charge in [0.2, 0.25) is 0 Å². The van der Waals surface area contributed by atoms with Gasteiger partial charge in [0.25, 0.3) is 0 Å². The van der Waals surface area contributed by atoms with E-state index in [1.807, 2.05) is 0 Å². The molecule has 0 saturated heterocycles. The van der Waals surface area contributed by atoms with Crippen molar-refractivity contribution in [3.05, 3.63) is 109 Å². The van der Waals surface area contributed by atoms with Crippen molar-refractivity contribution in [1.29, 1.82) is 0 Å². The van der Waals surface area contributed by atoms with Crippen molar-refractivity contribution in [3.8, 4) is 0 Å². The molecule has 0 fully saturated rings. The second-order valence-corrected chi connectivity index (χ2v) is 21.3. The molecule has 6 heteroatoms. The first kappa shape index (κ1) is 73.1. The van der Waals surface area contributed by atoms with Crippen molar-refractivity contribution in [2.24, 2.45) is 0 Å². The average molecular weight is 1070 g/mol. The zero-order chi connectivity index (χ0) is 55.7. The number of esters is 3. The van der Waals surface area contributed by atoms with Crippen LogP contribution in [0.2, 0.25) is 0 Å². The number of unbranched alkanes of at least 4 members (excludes halogenated alkanes) is 29. The molecule has 0 aliphatic carbocycles.